The van der Waals surface area contributed by atoms with E-state index in [1.165, 1.54) is 16.2 Å². The summed E-state index contributed by atoms with van der Waals surface area (Å²) in [6.45, 7) is 0.817. The molecule has 1 aromatic rings. The van der Waals surface area contributed by atoms with Crippen LogP contribution < -0.4 is 0 Å². The molecule has 1 N–H and O–H groups in total. The molecule has 1 aliphatic rings. The molecule has 2 rings (SSSR count). The van der Waals surface area contributed by atoms with Crippen molar-refractivity contribution in [3.63, 3.8) is 0 Å². The summed E-state index contributed by atoms with van der Waals surface area (Å²) >= 11 is 6.98. The number of thiophene rings is 1. The molecule has 1 aliphatic heterocycles. The summed E-state index contributed by atoms with van der Waals surface area (Å²) in [4.78, 5) is 25.2. The van der Waals surface area contributed by atoms with Gasteiger partial charge in [-0.1, -0.05) is 11.6 Å². The Bertz CT molecular complexity index is 470. The first-order valence-electron chi connectivity index (χ1n) is 5.94. The second-order valence-corrected chi connectivity index (χ2v) is 5.99. The van der Waals surface area contributed by atoms with E-state index in [0.717, 1.165) is 0 Å². The third-order valence-electron chi connectivity index (χ3n) is 2.98. The molecule has 1 amide bonds. The summed E-state index contributed by atoms with van der Waals surface area (Å²) in [5, 5.41) is 8.97. The van der Waals surface area contributed by atoms with E-state index in [1.807, 2.05) is 0 Å². The van der Waals surface area contributed by atoms with Crippen LogP contribution in [0.25, 0.3) is 0 Å². The molecule has 19 heavy (non-hydrogen) atoms. The van der Waals surface area contributed by atoms with Gasteiger partial charge < -0.3 is 14.7 Å². The molecule has 0 saturated carbocycles. The van der Waals surface area contributed by atoms with Gasteiger partial charge in [0.1, 0.15) is 6.54 Å². The van der Waals surface area contributed by atoms with Gasteiger partial charge in [-0.25, -0.2) is 0 Å². The normalized spacial score (nSPS) is 16.3. The lowest BCUT2D eigenvalue weighted by molar-refractivity contribution is -0.138. The van der Waals surface area contributed by atoms with Crippen LogP contribution >= 0.6 is 22.9 Å². The predicted molar refractivity (Wildman–Crippen MR) is 71.8 cm³/mol. The molecule has 1 saturated heterocycles. The number of aliphatic carboxylic acids is 1. The molecule has 0 atom stereocenters. The fourth-order valence-electron chi connectivity index (χ4n) is 2.08. The molecule has 2 heterocycles. The number of hydrogen-bond donors (Lipinski definition) is 1. The van der Waals surface area contributed by atoms with Crippen molar-refractivity contribution in [1.29, 1.82) is 0 Å². The fourth-order valence-corrected chi connectivity index (χ4v) is 3.08. The summed E-state index contributed by atoms with van der Waals surface area (Å²) in [5.41, 5.74) is 0. The Balaban J connectivity index is 2.16. The molecule has 5 nitrogen and oxygen atoms in total. The van der Waals surface area contributed by atoms with E-state index in [1.54, 1.807) is 12.1 Å². The maximum atomic E-state index is 12.4. The Hall–Kier alpha value is -1.11. The second-order valence-electron chi connectivity index (χ2n) is 4.27. The number of carbonyl (C=O) groups is 2. The Morgan fingerprint density at radius 2 is 2.11 bits per heavy atom. The van der Waals surface area contributed by atoms with E-state index in [2.05, 4.69) is 0 Å². The highest BCUT2D eigenvalue weighted by atomic mass is 35.5. The number of nitrogens with zero attached hydrogens (tertiary/aromatic N) is 1. The van der Waals surface area contributed by atoms with E-state index in [9.17, 15) is 9.59 Å². The maximum absolute atomic E-state index is 12.4. The number of ether oxygens (including phenoxy) is 1. The standard InChI is InChI=1S/C12H14ClNO4S/c13-10-2-1-9(19-10)12(17)14(7-11(15)16)8-3-5-18-6-4-8/h1-2,8H,3-7H2,(H,15,16). The van der Waals surface area contributed by atoms with Crippen LogP contribution in [-0.4, -0.2) is 47.7 Å². The van der Waals surface area contributed by atoms with Gasteiger partial charge in [-0.05, 0) is 25.0 Å². The van der Waals surface area contributed by atoms with Crippen molar-refractivity contribution in [2.24, 2.45) is 0 Å². The zero-order valence-corrected chi connectivity index (χ0v) is 11.7. The van der Waals surface area contributed by atoms with Gasteiger partial charge in [0.2, 0.25) is 0 Å². The molecule has 1 aromatic heterocycles. The van der Waals surface area contributed by atoms with Gasteiger partial charge in [-0.15, -0.1) is 11.3 Å². The molecule has 0 aliphatic carbocycles. The van der Waals surface area contributed by atoms with Crippen LogP contribution in [0, 0.1) is 0 Å². The minimum Gasteiger partial charge on any atom is -0.480 e. The van der Waals surface area contributed by atoms with Crippen molar-refractivity contribution < 1.29 is 19.4 Å². The van der Waals surface area contributed by atoms with E-state index in [4.69, 9.17) is 21.4 Å². The number of hydrogen-bond acceptors (Lipinski definition) is 4. The number of carboxylic acids is 1. The van der Waals surface area contributed by atoms with Crippen molar-refractivity contribution in [1.82, 2.24) is 4.90 Å². The quantitative estimate of drug-likeness (QED) is 0.925. The Labute approximate surface area is 119 Å². The average Bonchev–Trinajstić information content (AvgIpc) is 2.83. The fraction of sp³-hybridized carbons (Fsp3) is 0.500. The average molecular weight is 304 g/mol. The van der Waals surface area contributed by atoms with Crippen LogP contribution in [0.4, 0.5) is 0 Å². The smallest absolute Gasteiger partial charge is 0.323 e. The van der Waals surface area contributed by atoms with Crippen molar-refractivity contribution in [3.8, 4) is 0 Å². The SMILES string of the molecule is O=C(O)CN(C(=O)c1ccc(Cl)s1)C1CCOCC1. The first kappa shape index (κ1) is 14.3. The van der Waals surface area contributed by atoms with Gasteiger partial charge >= 0.3 is 5.97 Å². The third-order valence-corrected chi connectivity index (χ3v) is 4.20. The van der Waals surface area contributed by atoms with Gasteiger partial charge in [-0.2, -0.15) is 0 Å². The zero-order chi connectivity index (χ0) is 13.8. The molecule has 0 aromatic carbocycles. The minimum absolute atomic E-state index is 0.0850. The highest BCUT2D eigenvalue weighted by Crippen LogP contribution is 2.25. The number of halogens is 1. The van der Waals surface area contributed by atoms with Crippen LogP contribution in [-0.2, 0) is 9.53 Å². The topological polar surface area (TPSA) is 66.8 Å². The Kier molecular flexibility index (Phi) is 4.79. The summed E-state index contributed by atoms with van der Waals surface area (Å²) in [6, 6.07) is 3.18. The van der Waals surface area contributed by atoms with E-state index in [-0.39, 0.29) is 18.5 Å². The highest BCUT2D eigenvalue weighted by Gasteiger charge is 2.29. The monoisotopic (exact) mass is 303 g/mol. The third kappa shape index (κ3) is 3.68. The maximum Gasteiger partial charge on any atom is 0.323 e. The molecule has 7 heteroatoms. The van der Waals surface area contributed by atoms with Crippen molar-refractivity contribution in [2.75, 3.05) is 19.8 Å². The van der Waals surface area contributed by atoms with Crippen LogP contribution in [0.3, 0.4) is 0 Å². The molecule has 0 unspecified atom stereocenters. The van der Waals surface area contributed by atoms with Crippen LogP contribution in [0.1, 0.15) is 22.5 Å². The molecule has 1 fully saturated rings. The van der Waals surface area contributed by atoms with E-state index in [0.29, 0.717) is 35.3 Å². The predicted octanol–water partition coefficient (Wildman–Crippen LogP) is 2.11. The lowest BCUT2D eigenvalue weighted by Crippen LogP contribution is -2.45. The largest absolute Gasteiger partial charge is 0.480 e. The van der Waals surface area contributed by atoms with E-state index < -0.39 is 5.97 Å². The summed E-state index contributed by atoms with van der Waals surface area (Å²) in [5.74, 6) is -1.28. The summed E-state index contributed by atoms with van der Waals surface area (Å²) < 4.78 is 5.76. The molecule has 104 valence electrons. The zero-order valence-electron chi connectivity index (χ0n) is 10.2. The lowest BCUT2D eigenvalue weighted by atomic mass is 10.1. The first-order chi connectivity index (χ1) is 9.08. The molecule has 0 radical (unpaired) electrons. The lowest BCUT2D eigenvalue weighted by Gasteiger charge is -2.32. The second kappa shape index (κ2) is 6.36. The number of rotatable bonds is 4. The van der Waals surface area contributed by atoms with Gasteiger partial charge in [-0.3, -0.25) is 9.59 Å². The number of carboxylic acid groups (broad SMARTS) is 1. The molecular weight excluding hydrogens is 290 g/mol. The van der Waals surface area contributed by atoms with Crippen LogP contribution in [0.2, 0.25) is 4.34 Å². The minimum atomic E-state index is -1.01. The van der Waals surface area contributed by atoms with Crippen molar-refractivity contribution in [2.45, 2.75) is 18.9 Å². The Morgan fingerprint density at radius 3 is 2.63 bits per heavy atom. The Morgan fingerprint density at radius 1 is 1.42 bits per heavy atom. The summed E-state index contributed by atoms with van der Waals surface area (Å²) in [7, 11) is 0. The number of amides is 1. The van der Waals surface area contributed by atoms with Gasteiger partial charge in [0.05, 0.1) is 9.21 Å². The summed E-state index contributed by atoms with van der Waals surface area (Å²) in [6.07, 6.45) is 1.33. The van der Waals surface area contributed by atoms with Gasteiger partial charge in [0, 0.05) is 19.3 Å². The van der Waals surface area contributed by atoms with Crippen molar-refractivity contribution in [3.05, 3.63) is 21.3 Å². The molecule has 0 bridgehead atoms. The molecule has 0 spiro atoms. The van der Waals surface area contributed by atoms with Crippen LogP contribution in [0.15, 0.2) is 12.1 Å². The highest BCUT2D eigenvalue weighted by molar-refractivity contribution is 7.17. The van der Waals surface area contributed by atoms with Crippen molar-refractivity contribution >= 4 is 34.8 Å². The van der Waals surface area contributed by atoms with Gasteiger partial charge in [0.25, 0.3) is 5.91 Å². The number of carbonyl (C=O) groups excluding carboxylic acids is 1. The van der Waals surface area contributed by atoms with E-state index >= 15 is 0 Å². The van der Waals surface area contributed by atoms with Crippen LogP contribution in [0.5, 0.6) is 0 Å². The first-order valence-corrected chi connectivity index (χ1v) is 7.13. The molecular formula is C12H14ClNO4S. The van der Waals surface area contributed by atoms with Gasteiger partial charge in [0.15, 0.2) is 0 Å².